The maximum Gasteiger partial charge on any atom is 0.255 e. The molecule has 1 saturated heterocycles. The number of nitrogens with zero attached hydrogens (tertiary/aromatic N) is 1. The number of nitrogens with one attached hydrogen (secondary N) is 1. The highest BCUT2D eigenvalue weighted by molar-refractivity contribution is 6.24. The minimum absolute atomic E-state index is 0.0510. The highest BCUT2D eigenvalue weighted by Gasteiger charge is 2.63. The van der Waals surface area contributed by atoms with Crippen molar-refractivity contribution in [2.75, 3.05) is 20.6 Å². The first-order valence-corrected chi connectivity index (χ1v) is 12.1. The van der Waals surface area contributed by atoms with Crippen LogP contribution in [0.4, 0.5) is 0 Å². The van der Waals surface area contributed by atoms with Gasteiger partial charge in [0.25, 0.3) is 5.91 Å². The second kappa shape index (κ2) is 8.16. The van der Waals surface area contributed by atoms with E-state index in [1.807, 2.05) is 6.92 Å². The number of rotatable bonds is 3. The van der Waals surface area contributed by atoms with Crippen LogP contribution in [-0.2, 0) is 16.0 Å². The van der Waals surface area contributed by atoms with Crippen LogP contribution >= 0.6 is 0 Å². The van der Waals surface area contributed by atoms with Crippen molar-refractivity contribution in [3.63, 3.8) is 0 Å². The van der Waals surface area contributed by atoms with Crippen LogP contribution in [0.15, 0.2) is 28.7 Å². The summed E-state index contributed by atoms with van der Waals surface area (Å²) in [6, 6.07) is 0.646. The number of amides is 1. The standard InChI is InChI=1S/C26H31N3O7/c1-10-12(15-5-4-6-28-15)9-16(30)18-13(10)7-11-8-14-20(29(2)3)22(32)19(25(27)35)24(34)26(14,36)23(33)17(11)21(18)31/h9,11,14-15,20,28,30,32-33,36H,4-8H2,1-3H3,(H2,27,35)/t11-,14-,15?,20-,26-/m0/s1. The molecule has 0 aromatic heterocycles. The fourth-order valence-corrected chi connectivity index (χ4v) is 6.81. The Balaban J connectivity index is 1.69. The maximum atomic E-state index is 13.7. The second-order valence-electron chi connectivity index (χ2n) is 10.6. The lowest BCUT2D eigenvalue weighted by Crippen LogP contribution is -2.63. The number of primary amides is 1. The lowest BCUT2D eigenvalue weighted by Gasteiger charge is -2.50. The minimum Gasteiger partial charge on any atom is -0.510 e. The number of carbonyl (C=O) groups is 3. The van der Waals surface area contributed by atoms with Crippen molar-refractivity contribution >= 4 is 17.5 Å². The van der Waals surface area contributed by atoms with Gasteiger partial charge in [-0.1, -0.05) is 0 Å². The number of phenolic OH excluding ortho intramolecular Hbond substituents is 1. The Morgan fingerprint density at radius 2 is 1.92 bits per heavy atom. The number of phenols is 1. The van der Waals surface area contributed by atoms with Crippen LogP contribution in [0.3, 0.4) is 0 Å². The molecule has 4 aliphatic rings. The molecule has 0 radical (unpaired) electrons. The molecule has 0 spiro atoms. The topological polar surface area (TPSA) is 173 Å². The molecule has 1 aromatic rings. The summed E-state index contributed by atoms with van der Waals surface area (Å²) in [7, 11) is 3.22. The molecule has 7 N–H and O–H groups in total. The van der Waals surface area contributed by atoms with Crippen LogP contribution in [0.1, 0.15) is 52.4 Å². The number of hydrogen-bond acceptors (Lipinski definition) is 9. The number of allylic oxidation sites excluding steroid dienone is 1. The predicted molar refractivity (Wildman–Crippen MR) is 128 cm³/mol. The maximum absolute atomic E-state index is 13.7. The van der Waals surface area contributed by atoms with Gasteiger partial charge in [-0.2, -0.15) is 0 Å². The Labute approximate surface area is 208 Å². The third kappa shape index (κ3) is 3.11. The summed E-state index contributed by atoms with van der Waals surface area (Å²) in [6.45, 7) is 2.78. The van der Waals surface area contributed by atoms with E-state index in [0.29, 0.717) is 12.0 Å². The van der Waals surface area contributed by atoms with E-state index in [9.17, 15) is 34.8 Å². The summed E-state index contributed by atoms with van der Waals surface area (Å²) in [5, 5.41) is 48.1. The zero-order chi connectivity index (χ0) is 26.3. The number of ketones is 2. The van der Waals surface area contributed by atoms with E-state index in [-0.39, 0.29) is 29.3 Å². The number of aromatic hydroxyl groups is 1. The predicted octanol–water partition coefficient (Wildman–Crippen LogP) is 0.854. The van der Waals surface area contributed by atoms with Gasteiger partial charge in [-0.15, -0.1) is 0 Å². The first-order valence-electron chi connectivity index (χ1n) is 12.1. The molecule has 192 valence electrons. The number of nitrogens with two attached hydrogens (primary N) is 1. The van der Waals surface area contributed by atoms with Crippen molar-refractivity contribution < 1.29 is 34.8 Å². The Bertz CT molecular complexity index is 1270. The molecule has 1 aliphatic heterocycles. The summed E-state index contributed by atoms with van der Waals surface area (Å²) < 4.78 is 0. The van der Waals surface area contributed by atoms with Gasteiger partial charge in [0.15, 0.2) is 11.4 Å². The van der Waals surface area contributed by atoms with Gasteiger partial charge in [0.05, 0.1) is 11.6 Å². The largest absolute Gasteiger partial charge is 0.510 e. The van der Waals surface area contributed by atoms with Crippen LogP contribution in [-0.4, -0.2) is 75.1 Å². The van der Waals surface area contributed by atoms with Crippen molar-refractivity contribution in [1.29, 1.82) is 0 Å². The van der Waals surface area contributed by atoms with Crippen molar-refractivity contribution in [3.8, 4) is 5.75 Å². The quantitative estimate of drug-likeness (QED) is 0.331. The molecule has 1 fully saturated rings. The molecule has 1 amide bonds. The SMILES string of the molecule is Cc1c(C2CCCN2)cc(O)c2c1C[C@H]1C[C@H]3[C@H](N(C)C)C(O)=C(C(N)=O)C(=O)[C@@]3(O)C(O)=C1C2=O. The summed E-state index contributed by atoms with van der Waals surface area (Å²) in [6.07, 6.45) is 2.30. The molecule has 1 aromatic carbocycles. The average Bonchev–Trinajstić information content (AvgIpc) is 3.32. The number of carbonyl (C=O) groups excluding carboxylic acids is 3. The highest BCUT2D eigenvalue weighted by Crippen LogP contribution is 2.53. The molecule has 1 unspecified atom stereocenters. The van der Waals surface area contributed by atoms with Crippen molar-refractivity contribution in [1.82, 2.24) is 10.2 Å². The van der Waals surface area contributed by atoms with Gasteiger partial charge < -0.3 is 31.5 Å². The number of aliphatic hydroxyl groups excluding tert-OH is 2. The molecule has 5 atom stereocenters. The smallest absolute Gasteiger partial charge is 0.255 e. The van der Waals surface area contributed by atoms with Crippen molar-refractivity contribution in [2.45, 2.75) is 50.3 Å². The van der Waals surface area contributed by atoms with Crippen LogP contribution in [0.25, 0.3) is 0 Å². The Morgan fingerprint density at radius 1 is 1.22 bits per heavy atom. The first-order chi connectivity index (χ1) is 16.9. The molecule has 0 bridgehead atoms. The summed E-state index contributed by atoms with van der Waals surface area (Å²) in [5.41, 5.74) is 4.32. The number of hydrogen-bond donors (Lipinski definition) is 6. The van der Waals surface area contributed by atoms with Crippen LogP contribution < -0.4 is 11.1 Å². The molecule has 5 rings (SSSR count). The van der Waals surface area contributed by atoms with Gasteiger partial charge in [-0.25, -0.2) is 0 Å². The number of fused-ring (bicyclic) bond motifs is 3. The van der Waals surface area contributed by atoms with Gasteiger partial charge in [-0.3, -0.25) is 19.3 Å². The van der Waals surface area contributed by atoms with E-state index < -0.39 is 58.0 Å². The van der Waals surface area contributed by atoms with Gasteiger partial charge in [-0.05, 0) is 81.9 Å². The van der Waals surface area contributed by atoms with Crippen molar-refractivity contribution in [3.05, 3.63) is 51.0 Å². The van der Waals surface area contributed by atoms with Gasteiger partial charge >= 0.3 is 0 Å². The lowest BCUT2D eigenvalue weighted by atomic mass is 9.58. The highest BCUT2D eigenvalue weighted by atomic mass is 16.3. The molecule has 10 heteroatoms. The van der Waals surface area contributed by atoms with Gasteiger partial charge in [0.1, 0.15) is 22.8 Å². The fraction of sp³-hybridized carbons (Fsp3) is 0.500. The van der Waals surface area contributed by atoms with E-state index in [1.54, 1.807) is 20.2 Å². The van der Waals surface area contributed by atoms with E-state index in [0.717, 1.165) is 30.5 Å². The number of likely N-dealkylation sites (N-methyl/N-ethyl adjacent to an activating group) is 1. The monoisotopic (exact) mass is 497 g/mol. The Kier molecular flexibility index (Phi) is 5.55. The summed E-state index contributed by atoms with van der Waals surface area (Å²) in [5.74, 6) is -6.37. The van der Waals surface area contributed by atoms with Crippen LogP contribution in [0, 0.1) is 18.8 Å². The molecular formula is C26H31N3O7. The van der Waals surface area contributed by atoms with Crippen LogP contribution in [0.2, 0.25) is 0 Å². The molecule has 36 heavy (non-hydrogen) atoms. The number of Topliss-reactive ketones (excluding diaryl/α,β-unsaturated/α-hetero) is 2. The summed E-state index contributed by atoms with van der Waals surface area (Å²) >= 11 is 0. The second-order valence-corrected chi connectivity index (χ2v) is 10.6. The lowest BCUT2D eigenvalue weighted by molar-refractivity contribution is -0.148. The van der Waals surface area contributed by atoms with Gasteiger partial charge in [0.2, 0.25) is 5.78 Å². The minimum atomic E-state index is -2.62. The first kappa shape index (κ1) is 24.5. The summed E-state index contributed by atoms with van der Waals surface area (Å²) in [4.78, 5) is 40.6. The number of benzene rings is 1. The van der Waals surface area contributed by atoms with Gasteiger partial charge in [0, 0.05) is 17.5 Å². The van der Waals surface area contributed by atoms with E-state index in [1.165, 1.54) is 4.90 Å². The zero-order valence-electron chi connectivity index (χ0n) is 20.5. The molecule has 0 saturated carbocycles. The average molecular weight is 498 g/mol. The van der Waals surface area contributed by atoms with Crippen LogP contribution in [0.5, 0.6) is 5.75 Å². The Hall–Kier alpha value is -3.21. The molecule has 10 nitrogen and oxygen atoms in total. The van der Waals surface area contributed by atoms with E-state index in [2.05, 4.69) is 5.32 Å². The normalized spacial score (nSPS) is 32.0. The van der Waals surface area contributed by atoms with E-state index >= 15 is 0 Å². The molecule has 1 heterocycles. The van der Waals surface area contributed by atoms with E-state index in [4.69, 9.17) is 5.73 Å². The fourth-order valence-electron chi connectivity index (χ4n) is 6.81. The molecule has 3 aliphatic carbocycles. The number of aliphatic hydroxyl groups is 3. The third-order valence-electron chi connectivity index (χ3n) is 8.49. The molecular weight excluding hydrogens is 466 g/mol. The van der Waals surface area contributed by atoms with Crippen molar-refractivity contribution in [2.24, 2.45) is 17.6 Å². The zero-order valence-corrected chi connectivity index (χ0v) is 20.5. The third-order valence-corrected chi connectivity index (χ3v) is 8.49. The Morgan fingerprint density at radius 3 is 2.50 bits per heavy atom.